The zero-order chi connectivity index (χ0) is 21.7. The van der Waals surface area contributed by atoms with Crippen molar-refractivity contribution in [1.29, 1.82) is 5.26 Å². The summed E-state index contributed by atoms with van der Waals surface area (Å²) >= 11 is 0. The molecule has 0 spiro atoms. The molecule has 30 heavy (non-hydrogen) atoms. The predicted octanol–water partition coefficient (Wildman–Crippen LogP) is 3.40. The van der Waals surface area contributed by atoms with Crippen molar-refractivity contribution < 1.29 is 22.3 Å². The molecule has 0 aliphatic rings. The number of pyridine rings is 1. The number of aromatic nitrogens is 2. The van der Waals surface area contributed by atoms with Gasteiger partial charge in [-0.15, -0.1) is 0 Å². The number of hydrogen-bond donors (Lipinski definition) is 0. The topological polar surface area (TPSA) is 102 Å². The van der Waals surface area contributed by atoms with Crippen LogP contribution in [0.5, 0.6) is 0 Å². The monoisotopic (exact) mass is 425 g/mol. The summed E-state index contributed by atoms with van der Waals surface area (Å²) in [5.41, 5.74) is -0.0261. The smallest absolute Gasteiger partial charge is 0.348 e. The maximum absolute atomic E-state index is 14.5. The van der Waals surface area contributed by atoms with Gasteiger partial charge in [0.2, 0.25) is 0 Å². The zero-order valence-electron chi connectivity index (χ0n) is 15.8. The van der Waals surface area contributed by atoms with E-state index in [2.05, 4.69) is 4.98 Å². The second kappa shape index (κ2) is 8.71. The summed E-state index contributed by atoms with van der Waals surface area (Å²) in [6, 6.07) is 11.6. The predicted molar refractivity (Wildman–Crippen MR) is 107 cm³/mol. The van der Waals surface area contributed by atoms with Crippen molar-refractivity contribution in [2.45, 2.75) is 11.8 Å². The lowest BCUT2D eigenvalue weighted by molar-refractivity contribution is -0.137. The first-order chi connectivity index (χ1) is 14.4. The number of nitriles is 1. The van der Waals surface area contributed by atoms with Gasteiger partial charge in [0.1, 0.15) is 22.4 Å². The Morgan fingerprint density at radius 2 is 2.07 bits per heavy atom. The largest absolute Gasteiger partial charge is 0.462 e. The van der Waals surface area contributed by atoms with Gasteiger partial charge in [-0.05, 0) is 48.9 Å². The number of benzene rings is 1. The highest BCUT2D eigenvalue weighted by Gasteiger charge is 2.23. The third-order valence-electron chi connectivity index (χ3n) is 4.07. The van der Waals surface area contributed by atoms with E-state index in [4.69, 9.17) is 4.74 Å². The van der Waals surface area contributed by atoms with Crippen molar-refractivity contribution in [1.82, 2.24) is 8.96 Å². The Labute approximate surface area is 172 Å². The molecule has 3 aromatic rings. The molecule has 0 atom stereocenters. The Hall–Kier alpha value is -3.77. The van der Waals surface area contributed by atoms with E-state index in [9.17, 15) is 22.9 Å². The number of ether oxygens (including phenoxy) is 1. The average molecular weight is 425 g/mol. The summed E-state index contributed by atoms with van der Waals surface area (Å²) in [4.78, 5) is 15.6. The fourth-order valence-corrected chi connectivity index (χ4v) is 4.07. The van der Waals surface area contributed by atoms with Gasteiger partial charge in [-0.2, -0.15) is 5.26 Å². The third kappa shape index (κ3) is 4.14. The van der Waals surface area contributed by atoms with Crippen LogP contribution in [0.3, 0.4) is 0 Å². The average Bonchev–Trinajstić information content (AvgIpc) is 3.17. The van der Waals surface area contributed by atoms with Gasteiger partial charge in [0.05, 0.1) is 12.3 Å². The van der Waals surface area contributed by atoms with Gasteiger partial charge in [-0.1, -0.05) is 12.1 Å². The van der Waals surface area contributed by atoms with Crippen LogP contribution >= 0.6 is 0 Å². The normalized spacial score (nSPS) is 11.7. The lowest BCUT2D eigenvalue weighted by Crippen LogP contribution is -2.13. The number of carbonyl (C=O) groups is 1. The number of hydrogen-bond acceptors (Lipinski definition) is 6. The molecule has 1 aromatic carbocycles. The molecule has 0 bridgehead atoms. The van der Waals surface area contributed by atoms with Crippen molar-refractivity contribution >= 4 is 22.1 Å². The van der Waals surface area contributed by atoms with Crippen LogP contribution in [-0.4, -0.2) is 30.0 Å². The standard InChI is InChI=1S/C21H16FN3O4S/c1-2-29-21(26)16(12-23)10-15-11-20(18-7-3-4-8-19(18)22)25(14-15)30(27,28)17-6-5-9-24-13-17/h3-11,13-14H,2H2,1H3/b16-10+. The summed E-state index contributed by atoms with van der Waals surface area (Å²) in [7, 11) is -4.13. The minimum Gasteiger partial charge on any atom is -0.462 e. The van der Waals surface area contributed by atoms with Crippen LogP contribution in [0.25, 0.3) is 17.3 Å². The van der Waals surface area contributed by atoms with E-state index < -0.39 is 21.8 Å². The third-order valence-corrected chi connectivity index (χ3v) is 5.73. The van der Waals surface area contributed by atoms with Gasteiger partial charge in [-0.3, -0.25) is 4.98 Å². The molecule has 0 fully saturated rings. The Morgan fingerprint density at radius 3 is 2.70 bits per heavy atom. The Balaban J connectivity index is 2.23. The van der Waals surface area contributed by atoms with Crippen molar-refractivity contribution in [3.63, 3.8) is 0 Å². The minimum atomic E-state index is -4.13. The van der Waals surface area contributed by atoms with Gasteiger partial charge in [0.25, 0.3) is 10.0 Å². The fourth-order valence-electron chi connectivity index (χ4n) is 2.73. The number of halogens is 1. The van der Waals surface area contributed by atoms with Crippen molar-refractivity contribution in [2.75, 3.05) is 6.61 Å². The quantitative estimate of drug-likeness (QED) is 0.341. The fraction of sp³-hybridized carbons (Fsp3) is 0.0952. The highest BCUT2D eigenvalue weighted by atomic mass is 32.2. The molecule has 0 unspecified atom stereocenters. The van der Waals surface area contributed by atoms with Crippen molar-refractivity contribution in [2.24, 2.45) is 0 Å². The molecule has 9 heteroatoms. The number of rotatable bonds is 6. The van der Waals surface area contributed by atoms with Gasteiger partial charge < -0.3 is 4.74 Å². The molecule has 2 aromatic heterocycles. The zero-order valence-corrected chi connectivity index (χ0v) is 16.6. The molecule has 0 amide bonds. The molecule has 0 saturated carbocycles. The van der Waals surface area contributed by atoms with Crippen molar-refractivity contribution in [3.8, 4) is 17.3 Å². The van der Waals surface area contributed by atoms with Crippen LogP contribution in [0, 0.1) is 17.1 Å². The summed E-state index contributed by atoms with van der Waals surface area (Å²) < 4.78 is 46.5. The summed E-state index contributed by atoms with van der Waals surface area (Å²) in [6.45, 7) is 1.68. The van der Waals surface area contributed by atoms with E-state index in [0.717, 1.165) is 3.97 Å². The van der Waals surface area contributed by atoms with Crippen LogP contribution < -0.4 is 0 Å². The maximum Gasteiger partial charge on any atom is 0.348 e. The van der Waals surface area contributed by atoms with Crippen LogP contribution in [0.15, 0.2) is 71.5 Å². The number of esters is 1. The van der Waals surface area contributed by atoms with Crippen molar-refractivity contribution in [3.05, 3.63) is 78.0 Å². The molecule has 0 saturated heterocycles. The lowest BCUT2D eigenvalue weighted by Gasteiger charge is -2.10. The molecular weight excluding hydrogens is 409 g/mol. The molecule has 3 rings (SSSR count). The molecule has 0 N–H and O–H groups in total. The first kappa shape index (κ1) is 21.0. The van der Waals surface area contributed by atoms with Gasteiger partial charge >= 0.3 is 5.97 Å². The molecule has 0 aliphatic carbocycles. The Morgan fingerprint density at radius 1 is 1.30 bits per heavy atom. The molecule has 0 radical (unpaired) electrons. The van der Waals surface area contributed by atoms with Crippen LogP contribution in [0.1, 0.15) is 12.5 Å². The Bertz CT molecular complexity index is 1260. The minimum absolute atomic E-state index is 0.0318. The number of nitrogens with zero attached hydrogens (tertiary/aromatic N) is 3. The first-order valence-electron chi connectivity index (χ1n) is 8.80. The highest BCUT2D eigenvalue weighted by Crippen LogP contribution is 2.29. The van der Waals surface area contributed by atoms with Gasteiger partial charge in [0, 0.05) is 24.2 Å². The second-order valence-corrected chi connectivity index (χ2v) is 7.83. The highest BCUT2D eigenvalue weighted by molar-refractivity contribution is 7.90. The van der Waals surface area contributed by atoms with E-state index >= 15 is 0 Å². The number of carbonyl (C=O) groups excluding carboxylic acids is 1. The van der Waals surface area contributed by atoms with Gasteiger partial charge in [-0.25, -0.2) is 21.6 Å². The SMILES string of the molecule is CCOC(=O)/C(C#N)=C/c1cc(-c2ccccc2F)n(S(=O)(=O)c2cccnc2)c1. The molecule has 2 heterocycles. The molecule has 7 nitrogen and oxygen atoms in total. The van der Waals surface area contributed by atoms with Crippen LogP contribution in [0.4, 0.5) is 4.39 Å². The van der Waals surface area contributed by atoms with E-state index in [1.807, 2.05) is 0 Å². The van der Waals surface area contributed by atoms with E-state index in [-0.39, 0.29) is 33.9 Å². The first-order valence-corrected chi connectivity index (χ1v) is 10.2. The molecule has 152 valence electrons. The summed E-state index contributed by atoms with van der Waals surface area (Å²) in [5.74, 6) is -1.46. The lowest BCUT2D eigenvalue weighted by atomic mass is 10.1. The Kier molecular flexibility index (Phi) is 6.09. The van der Waals surface area contributed by atoms with Crippen LogP contribution in [-0.2, 0) is 19.6 Å². The molecule has 0 aliphatic heterocycles. The molecular formula is C21H16FN3O4S. The summed E-state index contributed by atoms with van der Waals surface area (Å²) in [6.07, 6.45) is 5.01. The maximum atomic E-state index is 14.5. The van der Waals surface area contributed by atoms with E-state index in [1.165, 1.54) is 61.1 Å². The van der Waals surface area contributed by atoms with Crippen LogP contribution in [0.2, 0.25) is 0 Å². The van der Waals surface area contributed by atoms with E-state index in [1.54, 1.807) is 19.1 Å². The van der Waals surface area contributed by atoms with Gasteiger partial charge in [0.15, 0.2) is 0 Å². The summed E-state index contributed by atoms with van der Waals surface area (Å²) in [5, 5.41) is 9.25. The second-order valence-electron chi connectivity index (χ2n) is 6.02. The van der Waals surface area contributed by atoms with E-state index in [0.29, 0.717) is 0 Å².